The molecule has 0 spiro atoms. The summed E-state index contributed by atoms with van der Waals surface area (Å²) in [7, 11) is -4.42. The van der Waals surface area contributed by atoms with E-state index in [4.69, 9.17) is 4.52 Å². The summed E-state index contributed by atoms with van der Waals surface area (Å²) < 4.78 is 16.4. The van der Waals surface area contributed by atoms with E-state index >= 15 is 0 Å². The number of rotatable bonds is 14. The van der Waals surface area contributed by atoms with Crippen LogP contribution in [0.3, 0.4) is 0 Å². The molecule has 1 unspecified atom stereocenters. The maximum Gasteiger partial charge on any atom is 0.469 e. The van der Waals surface area contributed by atoms with Crippen LogP contribution in [0.2, 0.25) is 0 Å². The number of phosphoric ester groups is 1. The summed E-state index contributed by atoms with van der Waals surface area (Å²) in [5.41, 5.74) is 0. The van der Waals surface area contributed by atoms with Gasteiger partial charge in [0, 0.05) is 0 Å². The maximum atomic E-state index is 11.3. The van der Waals surface area contributed by atoms with Gasteiger partial charge in [-0.25, -0.2) is 4.57 Å². The van der Waals surface area contributed by atoms with Crippen molar-refractivity contribution in [2.45, 2.75) is 98.0 Å². The fraction of sp³-hybridized carbons (Fsp3) is 1.00. The molecule has 0 aromatic heterocycles. The van der Waals surface area contributed by atoms with Crippen molar-refractivity contribution in [3.8, 4) is 0 Å². The highest BCUT2D eigenvalue weighted by atomic mass is 31.2. The Kier molecular flexibility index (Phi) is 12.6. The lowest BCUT2D eigenvalue weighted by molar-refractivity contribution is 0.0451. The molecule has 0 fully saturated rings. The van der Waals surface area contributed by atoms with Crippen LogP contribution >= 0.6 is 7.82 Å². The Hall–Kier alpha value is 0.110. The monoisotopic (exact) mass is 336 g/mol. The SMILES string of the molecule is CCCCCCC(CCCCCC)C(OP(=O)(O)O)C(C)C. The normalized spacial score (nSPS) is 14.0. The van der Waals surface area contributed by atoms with Gasteiger partial charge in [0.1, 0.15) is 0 Å². The molecule has 0 radical (unpaired) electrons. The third-order valence-electron chi connectivity index (χ3n) is 4.24. The first kappa shape index (κ1) is 22.1. The second-order valence-electron chi connectivity index (χ2n) is 6.76. The van der Waals surface area contributed by atoms with Crippen LogP contribution in [0.25, 0.3) is 0 Å². The molecular formula is C17H37O4P. The van der Waals surface area contributed by atoms with Gasteiger partial charge in [-0.3, -0.25) is 4.52 Å². The summed E-state index contributed by atoms with van der Waals surface area (Å²) in [6.07, 6.45) is 11.2. The van der Waals surface area contributed by atoms with E-state index in [0.29, 0.717) is 0 Å². The van der Waals surface area contributed by atoms with Gasteiger partial charge < -0.3 is 9.79 Å². The van der Waals surface area contributed by atoms with Gasteiger partial charge in [-0.05, 0) is 24.7 Å². The molecule has 0 aromatic carbocycles. The Bertz CT molecular complexity index is 289. The third-order valence-corrected chi connectivity index (χ3v) is 4.76. The van der Waals surface area contributed by atoms with E-state index in [1.807, 2.05) is 13.8 Å². The molecule has 0 rings (SSSR count). The predicted octanol–water partition coefficient (Wildman–Crippen LogP) is 5.68. The zero-order valence-corrected chi connectivity index (χ0v) is 15.9. The minimum Gasteiger partial charge on any atom is -0.303 e. The van der Waals surface area contributed by atoms with Crippen LogP contribution in [-0.2, 0) is 9.09 Å². The lowest BCUT2D eigenvalue weighted by Gasteiger charge is -2.30. The summed E-state index contributed by atoms with van der Waals surface area (Å²) in [5.74, 6) is 0.372. The minimum absolute atomic E-state index is 0.120. The Labute approximate surface area is 137 Å². The number of hydrogen-bond acceptors (Lipinski definition) is 2. The Morgan fingerprint density at radius 2 is 1.32 bits per heavy atom. The molecule has 0 saturated carbocycles. The van der Waals surface area contributed by atoms with Crippen LogP contribution < -0.4 is 0 Å². The highest BCUT2D eigenvalue weighted by molar-refractivity contribution is 7.46. The van der Waals surface area contributed by atoms with E-state index in [1.54, 1.807) is 0 Å². The average molecular weight is 336 g/mol. The standard InChI is InChI=1S/C17H37O4P/c1-5-7-9-11-13-16(14-12-10-8-6-2)17(15(3)4)21-22(18,19)20/h15-17H,5-14H2,1-4H3,(H2,18,19,20). The molecule has 5 heteroatoms. The molecule has 0 aliphatic carbocycles. The Balaban J connectivity index is 4.61. The fourth-order valence-electron chi connectivity index (χ4n) is 3.05. The molecule has 0 aliphatic rings. The first-order chi connectivity index (χ1) is 10.3. The second-order valence-corrected chi connectivity index (χ2v) is 7.96. The van der Waals surface area contributed by atoms with Gasteiger partial charge >= 0.3 is 7.82 Å². The summed E-state index contributed by atoms with van der Waals surface area (Å²) in [6.45, 7) is 8.36. The molecule has 0 saturated heterocycles. The molecule has 1 atom stereocenters. The van der Waals surface area contributed by atoms with Gasteiger partial charge in [0.05, 0.1) is 6.10 Å². The third kappa shape index (κ3) is 11.6. The second kappa shape index (κ2) is 12.5. The molecule has 134 valence electrons. The van der Waals surface area contributed by atoms with Gasteiger partial charge in [0.25, 0.3) is 0 Å². The minimum atomic E-state index is -4.42. The molecule has 4 nitrogen and oxygen atoms in total. The molecule has 0 bridgehead atoms. The van der Waals surface area contributed by atoms with E-state index in [0.717, 1.165) is 25.7 Å². The number of phosphoric acid groups is 1. The Morgan fingerprint density at radius 1 is 0.864 bits per heavy atom. The number of hydrogen-bond donors (Lipinski definition) is 2. The zero-order valence-electron chi connectivity index (χ0n) is 15.0. The lowest BCUT2D eigenvalue weighted by Crippen LogP contribution is -2.29. The van der Waals surface area contributed by atoms with Gasteiger partial charge in [-0.15, -0.1) is 0 Å². The summed E-state index contributed by atoms with van der Waals surface area (Å²) in [4.78, 5) is 18.4. The molecule has 0 aromatic rings. The van der Waals surface area contributed by atoms with Crippen LogP contribution in [0.15, 0.2) is 0 Å². The van der Waals surface area contributed by atoms with Gasteiger partial charge in [0.15, 0.2) is 0 Å². The molecule has 0 heterocycles. The molecule has 2 N–H and O–H groups in total. The van der Waals surface area contributed by atoms with Crippen molar-refractivity contribution in [3.05, 3.63) is 0 Å². The van der Waals surface area contributed by atoms with Crippen molar-refractivity contribution >= 4 is 7.82 Å². The van der Waals surface area contributed by atoms with Gasteiger partial charge in [-0.1, -0.05) is 79.1 Å². The van der Waals surface area contributed by atoms with E-state index in [2.05, 4.69) is 13.8 Å². The van der Waals surface area contributed by atoms with Crippen molar-refractivity contribution < 1.29 is 18.9 Å². The zero-order chi connectivity index (χ0) is 17.0. The van der Waals surface area contributed by atoms with Crippen molar-refractivity contribution in [1.82, 2.24) is 0 Å². The smallest absolute Gasteiger partial charge is 0.303 e. The number of unbranched alkanes of at least 4 members (excludes halogenated alkanes) is 6. The molecular weight excluding hydrogens is 299 g/mol. The largest absolute Gasteiger partial charge is 0.469 e. The fourth-order valence-corrected chi connectivity index (χ4v) is 3.78. The molecule has 22 heavy (non-hydrogen) atoms. The van der Waals surface area contributed by atoms with Crippen LogP contribution in [0, 0.1) is 11.8 Å². The highest BCUT2D eigenvalue weighted by Crippen LogP contribution is 2.42. The quantitative estimate of drug-likeness (QED) is 0.316. The van der Waals surface area contributed by atoms with Crippen molar-refractivity contribution in [2.75, 3.05) is 0 Å². The van der Waals surface area contributed by atoms with Crippen LogP contribution in [0.1, 0.15) is 91.9 Å². The van der Waals surface area contributed by atoms with E-state index in [-0.39, 0.29) is 17.9 Å². The van der Waals surface area contributed by atoms with Crippen molar-refractivity contribution in [1.29, 1.82) is 0 Å². The summed E-state index contributed by atoms with van der Waals surface area (Å²) >= 11 is 0. The van der Waals surface area contributed by atoms with Crippen molar-refractivity contribution in [3.63, 3.8) is 0 Å². The van der Waals surface area contributed by atoms with Gasteiger partial charge in [-0.2, -0.15) is 0 Å². The Morgan fingerprint density at radius 3 is 1.64 bits per heavy atom. The maximum absolute atomic E-state index is 11.3. The summed E-state index contributed by atoms with van der Waals surface area (Å²) in [5, 5.41) is 0. The summed E-state index contributed by atoms with van der Waals surface area (Å²) in [6, 6.07) is 0. The van der Waals surface area contributed by atoms with Crippen molar-refractivity contribution in [2.24, 2.45) is 11.8 Å². The van der Waals surface area contributed by atoms with Crippen LogP contribution in [0.4, 0.5) is 0 Å². The topological polar surface area (TPSA) is 66.8 Å². The van der Waals surface area contributed by atoms with Gasteiger partial charge in [0.2, 0.25) is 0 Å². The predicted molar refractivity (Wildman–Crippen MR) is 92.8 cm³/mol. The van der Waals surface area contributed by atoms with E-state index < -0.39 is 7.82 Å². The van der Waals surface area contributed by atoms with E-state index in [9.17, 15) is 14.4 Å². The van der Waals surface area contributed by atoms with E-state index in [1.165, 1.54) is 38.5 Å². The lowest BCUT2D eigenvalue weighted by atomic mass is 9.85. The van der Waals surface area contributed by atoms with Crippen LogP contribution in [0.5, 0.6) is 0 Å². The first-order valence-electron chi connectivity index (χ1n) is 9.05. The molecule has 0 aliphatic heterocycles. The van der Waals surface area contributed by atoms with Crippen LogP contribution in [-0.4, -0.2) is 15.9 Å². The highest BCUT2D eigenvalue weighted by Gasteiger charge is 2.31. The average Bonchev–Trinajstić information content (AvgIpc) is 2.42. The first-order valence-corrected chi connectivity index (χ1v) is 10.6. The molecule has 0 amide bonds.